The first-order chi connectivity index (χ1) is 13.5. The van der Waals surface area contributed by atoms with Crippen LogP contribution < -0.4 is 9.47 Å². The zero-order valence-electron chi connectivity index (χ0n) is 16.2. The van der Waals surface area contributed by atoms with Crippen LogP contribution in [0.4, 0.5) is 11.4 Å². The maximum absolute atomic E-state index is 8.66. The Morgan fingerprint density at radius 2 is 1.25 bits per heavy atom. The van der Waals surface area contributed by atoms with Gasteiger partial charge in [0.25, 0.3) is 0 Å². The van der Waals surface area contributed by atoms with Crippen molar-refractivity contribution in [1.82, 2.24) is 4.90 Å². The summed E-state index contributed by atoms with van der Waals surface area (Å²) in [6.45, 7) is 6.09. The molecule has 0 atom stereocenters. The normalized spacial score (nSPS) is 10.1. The number of hydrogen-bond donors (Lipinski definition) is 0. The van der Waals surface area contributed by atoms with Crippen molar-refractivity contribution in [3.8, 4) is 11.5 Å². The largest absolute Gasteiger partial charge is 0.492 e. The van der Waals surface area contributed by atoms with Crippen LogP contribution >= 0.6 is 0 Å². The molecule has 0 heterocycles. The number of ether oxygens (including phenoxy) is 2. The molecule has 2 aromatic carbocycles. The lowest BCUT2D eigenvalue weighted by molar-refractivity contribution is 0.202. The Morgan fingerprint density at radius 3 is 1.64 bits per heavy atom. The van der Waals surface area contributed by atoms with Gasteiger partial charge in [-0.25, -0.2) is 0 Å². The Kier molecular flexibility index (Phi) is 7.99. The highest BCUT2D eigenvalue weighted by atomic mass is 16.5. The molecule has 0 radical (unpaired) electrons. The number of benzene rings is 2. The maximum Gasteiger partial charge on any atom is 0.128 e. The third-order valence-electron chi connectivity index (χ3n) is 3.99. The van der Waals surface area contributed by atoms with Gasteiger partial charge in [0, 0.05) is 22.9 Å². The van der Waals surface area contributed by atoms with Gasteiger partial charge in [0.2, 0.25) is 0 Å². The predicted octanol–water partition coefficient (Wildman–Crippen LogP) is 5.58. The Bertz CT molecular complexity index is 830. The third kappa shape index (κ3) is 6.41. The van der Waals surface area contributed by atoms with Gasteiger partial charge in [-0.15, -0.1) is 0 Å². The molecule has 0 amide bonds. The number of azide groups is 2. The fraction of sp³-hybridized carbons (Fsp3) is 0.368. The zero-order chi connectivity index (χ0) is 20.4. The van der Waals surface area contributed by atoms with Crippen LogP contribution in [0.2, 0.25) is 0 Å². The summed E-state index contributed by atoms with van der Waals surface area (Å²) >= 11 is 0. The molecule has 0 aliphatic rings. The van der Waals surface area contributed by atoms with Crippen molar-refractivity contribution < 1.29 is 9.47 Å². The molecule has 0 N–H and O–H groups in total. The summed E-state index contributed by atoms with van der Waals surface area (Å²) in [5.41, 5.74) is 20.3. The lowest BCUT2D eigenvalue weighted by Gasteiger charge is -2.18. The van der Waals surface area contributed by atoms with Gasteiger partial charge >= 0.3 is 0 Å². The van der Waals surface area contributed by atoms with Gasteiger partial charge in [0.15, 0.2) is 0 Å². The number of nitrogens with zero attached hydrogens (tertiary/aromatic N) is 7. The molecule has 0 aliphatic carbocycles. The highest BCUT2D eigenvalue weighted by Crippen LogP contribution is 2.29. The molecular formula is C19H23N7O2. The smallest absolute Gasteiger partial charge is 0.128 e. The van der Waals surface area contributed by atoms with E-state index in [9.17, 15) is 0 Å². The molecule has 0 aromatic heterocycles. The highest BCUT2D eigenvalue weighted by Gasteiger charge is 2.06. The number of aryl methyl sites for hydroxylation is 2. The molecule has 2 rings (SSSR count). The average molecular weight is 381 g/mol. The molecular weight excluding hydrogens is 358 g/mol. The summed E-state index contributed by atoms with van der Waals surface area (Å²) < 4.78 is 11.5. The summed E-state index contributed by atoms with van der Waals surface area (Å²) in [6.07, 6.45) is 0. The highest BCUT2D eigenvalue weighted by molar-refractivity contribution is 5.54. The van der Waals surface area contributed by atoms with E-state index < -0.39 is 0 Å². The minimum absolute atomic E-state index is 0.446. The molecule has 0 fully saturated rings. The number of likely N-dealkylation sites (N-methyl/N-ethyl adjacent to an activating group) is 1. The lowest BCUT2D eigenvalue weighted by Crippen LogP contribution is -2.28. The van der Waals surface area contributed by atoms with E-state index in [4.69, 9.17) is 20.5 Å². The van der Waals surface area contributed by atoms with Crippen molar-refractivity contribution in [2.45, 2.75) is 13.8 Å². The molecule has 0 saturated carbocycles. The molecule has 9 nitrogen and oxygen atoms in total. The van der Waals surface area contributed by atoms with Crippen LogP contribution in [0.3, 0.4) is 0 Å². The molecule has 0 saturated heterocycles. The standard InChI is InChI=1S/C19H23N7O2/c1-14-4-6-18(16(12-14)22-24-20)27-10-8-26(3)9-11-28-19-7-5-15(2)13-17(19)23-25-21/h4-7,12-13H,8-11H2,1-3H3. The van der Waals surface area contributed by atoms with Crippen molar-refractivity contribution in [3.63, 3.8) is 0 Å². The Balaban J connectivity index is 1.80. The van der Waals surface area contributed by atoms with E-state index in [1.54, 1.807) is 24.3 Å². The van der Waals surface area contributed by atoms with Crippen LogP contribution in [0.5, 0.6) is 11.5 Å². The average Bonchev–Trinajstić information content (AvgIpc) is 2.66. The Hall–Kier alpha value is -3.38. The summed E-state index contributed by atoms with van der Waals surface area (Å²) in [6, 6.07) is 11.0. The van der Waals surface area contributed by atoms with Gasteiger partial charge < -0.3 is 9.47 Å². The van der Waals surface area contributed by atoms with Gasteiger partial charge in [-0.1, -0.05) is 33.5 Å². The van der Waals surface area contributed by atoms with E-state index in [2.05, 4.69) is 25.0 Å². The van der Waals surface area contributed by atoms with Crippen LogP contribution in [-0.4, -0.2) is 38.3 Å². The summed E-state index contributed by atoms with van der Waals surface area (Å²) in [7, 11) is 1.96. The fourth-order valence-corrected chi connectivity index (χ4v) is 2.49. The predicted molar refractivity (Wildman–Crippen MR) is 108 cm³/mol. The van der Waals surface area contributed by atoms with E-state index in [1.165, 1.54) is 0 Å². The molecule has 0 spiro atoms. The van der Waals surface area contributed by atoms with Crippen molar-refractivity contribution >= 4 is 11.4 Å². The summed E-state index contributed by atoms with van der Waals surface area (Å²) in [5, 5.41) is 7.33. The van der Waals surface area contributed by atoms with Crippen LogP contribution in [0.15, 0.2) is 46.6 Å². The molecule has 28 heavy (non-hydrogen) atoms. The quantitative estimate of drug-likeness (QED) is 0.303. The van der Waals surface area contributed by atoms with E-state index >= 15 is 0 Å². The van der Waals surface area contributed by atoms with Crippen molar-refractivity contribution in [1.29, 1.82) is 0 Å². The molecule has 2 aromatic rings. The van der Waals surface area contributed by atoms with Crippen LogP contribution in [0.1, 0.15) is 11.1 Å². The maximum atomic E-state index is 8.66. The van der Waals surface area contributed by atoms with Crippen LogP contribution in [0, 0.1) is 13.8 Å². The van der Waals surface area contributed by atoms with E-state index in [0.29, 0.717) is 49.2 Å². The number of hydrogen-bond acceptors (Lipinski definition) is 5. The third-order valence-corrected chi connectivity index (χ3v) is 3.99. The van der Waals surface area contributed by atoms with E-state index in [0.717, 1.165) is 11.1 Å². The van der Waals surface area contributed by atoms with Crippen LogP contribution in [-0.2, 0) is 0 Å². The molecule has 9 heteroatoms. The fourth-order valence-electron chi connectivity index (χ4n) is 2.49. The lowest BCUT2D eigenvalue weighted by atomic mass is 10.2. The topological polar surface area (TPSA) is 119 Å². The van der Waals surface area contributed by atoms with Gasteiger partial charge in [-0.05, 0) is 56.2 Å². The Labute approximate surface area is 163 Å². The first kappa shape index (κ1) is 20.9. The van der Waals surface area contributed by atoms with Gasteiger partial charge in [0.05, 0.1) is 11.4 Å². The summed E-state index contributed by atoms with van der Waals surface area (Å²) in [4.78, 5) is 7.73. The second-order valence-corrected chi connectivity index (χ2v) is 6.32. The molecule has 0 bridgehead atoms. The zero-order valence-corrected chi connectivity index (χ0v) is 16.2. The second-order valence-electron chi connectivity index (χ2n) is 6.32. The minimum atomic E-state index is 0.446. The van der Waals surface area contributed by atoms with E-state index in [-0.39, 0.29) is 0 Å². The van der Waals surface area contributed by atoms with Gasteiger partial charge in [-0.3, -0.25) is 4.90 Å². The molecule has 0 unspecified atom stereocenters. The first-order valence-corrected chi connectivity index (χ1v) is 8.79. The van der Waals surface area contributed by atoms with Gasteiger partial charge in [0.1, 0.15) is 24.7 Å². The summed E-state index contributed by atoms with van der Waals surface area (Å²) in [5.74, 6) is 1.12. The SMILES string of the molecule is Cc1ccc(OCCN(C)CCOc2ccc(C)cc2N=[N+]=[N-])c(N=[N+]=[N-])c1. The van der Waals surface area contributed by atoms with Crippen molar-refractivity contribution in [3.05, 3.63) is 68.4 Å². The van der Waals surface area contributed by atoms with Gasteiger partial charge in [-0.2, -0.15) is 0 Å². The van der Waals surface area contributed by atoms with Crippen molar-refractivity contribution in [2.24, 2.45) is 10.2 Å². The van der Waals surface area contributed by atoms with Crippen LogP contribution in [0.25, 0.3) is 20.9 Å². The molecule has 146 valence electrons. The molecule has 0 aliphatic heterocycles. The minimum Gasteiger partial charge on any atom is -0.492 e. The monoisotopic (exact) mass is 381 g/mol. The first-order valence-electron chi connectivity index (χ1n) is 8.79. The second kappa shape index (κ2) is 10.7. The van der Waals surface area contributed by atoms with E-state index in [1.807, 2.05) is 33.0 Å². The van der Waals surface area contributed by atoms with Crippen molar-refractivity contribution in [2.75, 3.05) is 33.4 Å². The Morgan fingerprint density at radius 1 is 0.821 bits per heavy atom. The number of rotatable bonds is 10.